The van der Waals surface area contributed by atoms with Crippen LogP contribution in [0.5, 0.6) is 0 Å². The van der Waals surface area contributed by atoms with Gasteiger partial charge < -0.3 is 16.0 Å². The quantitative estimate of drug-likeness (QED) is 0.763. The summed E-state index contributed by atoms with van der Waals surface area (Å²) in [5.74, 6) is -0.484. The first-order valence-electron chi connectivity index (χ1n) is 6.34. The fourth-order valence-corrected chi connectivity index (χ4v) is 1.66. The van der Waals surface area contributed by atoms with Gasteiger partial charge in [-0.25, -0.2) is 0 Å². The largest absolute Gasteiger partial charge is 0.396 e. The molecule has 7 nitrogen and oxygen atoms in total. The predicted octanol–water partition coefficient (Wildman–Crippen LogP) is 0.0834. The normalized spacial score (nSPS) is 10.3. The Morgan fingerprint density at radius 1 is 1.47 bits per heavy atom. The van der Waals surface area contributed by atoms with Gasteiger partial charge in [-0.15, -0.1) is 0 Å². The Kier molecular flexibility index (Phi) is 5.35. The number of hydrogen-bond acceptors (Lipinski definition) is 4. The highest BCUT2D eigenvalue weighted by molar-refractivity contribution is 5.98. The number of nitrogens with zero attached hydrogens (tertiary/aromatic N) is 3. The second kappa shape index (κ2) is 6.77. The molecule has 0 unspecified atom stereocenters. The summed E-state index contributed by atoms with van der Waals surface area (Å²) in [6.45, 7) is 5.00. The number of amides is 2. The van der Waals surface area contributed by atoms with Gasteiger partial charge in [-0.05, 0) is 13.3 Å². The predicted molar refractivity (Wildman–Crippen MR) is 72.6 cm³/mol. The van der Waals surface area contributed by atoms with E-state index in [0.29, 0.717) is 24.5 Å². The Bertz CT molecular complexity index is 455. The van der Waals surface area contributed by atoms with E-state index >= 15 is 0 Å². The van der Waals surface area contributed by atoms with E-state index in [1.165, 1.54) is 15.8 Å². The van der Waals surface area contributed by atoms with Crippen LogP contribution >= 0.6 is 0 Å². The summed E-state index contributed by atoms with van der Waals surface area (Å²) in [4.78, 5) is 25.1. The van der Waals surface area contributed by atoms with Gasteiger partial charge in [-0.3, -0.25) is 14.3 Å². The molecule has 0 aromatic carbocycles. The lowest BCUT2D eigenvalue weighted by Crippen LogP contribution is -2.39. The number of likely N-dealkylation sites (N-methyl/N-ethyl adjacent to an activating group) is 1. The van der Waals surface area contributed by atoms with Crippen LogP contribution in [0, 0.1) is 0 Å². The minimum absolute atomic E-state index is 0.00711. The first-order valence-corrected chi connectivity index (χ1v) is 6.34. The maximum atomic E-state index is 12.2. The van der Waals surface area contributed by atoms with Crippen LogP contribution in [0.15, 0.2) is 6.20 Å². The third-order valence-corrected chi connectivity index (χ3v) is 2.67. The Hall–Kier alpha value is -2.05. The summed E-state index contributed by atoms with van der Waals surface area (Å²) >= 11 is 0. The van der Waals surface area contributed by atoms with E-state index in [1.807, 2.05) is 13.8 Å². The smallest absolute Gasteiger partial charge is 0.274 e. The number of aromatic nitrogens is 2. The molecule has 0 radical (unpaired) electrons. The molecular weight excluding hydrogens is 246 g/mol. The van der Waals surface area contributed by atoms with E-state index in [9.17, 15) is 9.59 Å². The molecule has 0 fully saturated rings. The van der Waals surface area contributed by atoms with Crippen molar-refractivity contribution in [2.45, 2.75) is 26.8 Å². The maximum Gasteiger partial charge on any atom is 0.274 e. The Morgan fingerprint density at radius 2 is 2.16 bits per heavy atom. The highest BCUT2D eigenvalue weighted by atomic mass is 16.2. The lowest BCUT2D eigenvalue weighted by molar-refractivity contribution is -0.121. The van der Waals surface area contributed by atoms with Gasteiger partial charge in [0.1, 0.15) is 5.69 Å². The third-order valence-electron chi connectivity index (χ3n) is 2.67. The summed E-state index contributed by atoms with van der Waals surface area (Å²) in [5.41, 5.74) is 6.39. The van der Waals surface area contributed by atoms with Gasteiger partial charge in [-0.2, -0.15) is 5.10 Å². The number of hydrogen-bond donors (Lipinski definition) is 2. The van der Waals surface area contributed by atoms with Gasteiger partial charge in [0.05, 0.1) is 18.4 Å². The van der Waals surface area contributed by atoms with Crippen molar-refractivity contribution in [1.82, 2.24) is 20.0 Å². The van der Waals surface area contributed by atoms with Crippen LogP contribution in [0.4, 0.5) is 5.69 Å². The van der Waals surface area contributed by atoms with E-state index < -0.39 is 0 Å². The molecule has 106 valence electrons. The Balaban J connectivity index is 2.71. The van der Waals surface area contributed by atoms with Crippen LogP contribution < -0.4 is 11.1 Å². The van der Waals surface area contributed by atoms with Gasteiger partial charge in [0.15, 0.2) is 0 Å². The van der Waals surface area contributed by atoms with Crippen molar-refractivity contribution >= 4 is 17.5 Å². The number of anilines is 1. The van der Waals surface area contributed by atoms with Crippen LogP contribution in [0.1, 0.15) is 30.8 Å². The van der Waals surface area contributed by atoms with Gasteiger partial charge in [0.2, 0.25) is 5.91 Å². The highest BCUT2D eigenvalue weighted by Gasteiger charge is 2.21. The van der Waals surface area contributed by atoms with Crippen LogP contribution in [-0.4, -0.2) is 46.6 Å². The SMILES string of the molecule is CCCNC(=O)CN(C)C(=O)c1c(N)cnn1CC. The monoisotopic (exact) mass is 267 g/mol. The molecule has 0 spiro atoms. The zero-order chi connectivity index (χ0) is 14.4. The molecule has 2 amide bonds. The highest BCUT2D eigenvalue weighted by Crippen LogP contribution is 2.12. The first-order chi connectivity index (χ1) is 9.01. The molecule has 0 aliphatic heterocycles. The van der Waals surface area contributed by atoms with Crippen LogP contribution in [0.3, 0.4) is 0 Å². The Morgan fingerprint density at radius 3 is 2.74 bits per heavy atom. The molecule has 7 heteroatoms. The lowest BCUT2D eigenvalue weighted by Gasteiger charge is -2.17. The van der Waals surface area contributed by atoms with Gasteiger partial charge in [0, 0.05) is 20.1 Å². The summed E-state index contributed by atoms with van der Waals surface area (Å²) in [7, 11) is 1.57. The second-order valence-electron chi connectivity index (χ2n) is 4.28. The van der Waals surface area contributed by atoms with E-state index in [2.05, 4.69) is 10.4 Å². The number of carbonyl (C=O) groups excluding carboxylic acids is 2. The number of nitrogens with one attached hydrogen (secondary N) is 1. The van der Waals surface area contributed by atoms with Gasteiger partial charge in [-0.1, -0.05) is 6.92 Å². The van der Waals surface area contributed by atoms with Crippen LogP contribution in [0.2, 0.25) is 0 Å². The molecule has 0 aliphatic rings. The maximum absolute atomic E-state index is 12.2. The van der Waals surface area contributed by atoms with Crippen molar-refractivity contribution in [3.8, 4) is 0 Å². The molecule has 1 aromatic heterocycles. The fraction of sp³-hybridized carbons (Fsp3) is 0.583. The first kappa shape index (κ1) is 15.0. The molecule has 0 aliphatic carbocycles. The standard InChI is InChI=1S/C12H21N5O2/c1-4-6-14-10(18)8-16(3)12(19)11-9(13)7-15-17(11)5-2/h7H,4-6,8,13H2,1-3H3,(H,14,18). The van der Waals surface area contributed by atoms with Crippen molar-refractivity contribution in [3.05, 3.63) is 11.9 Å². The molecule has 0 saturated carbocycles. The molecule has 0 saturated heterocycles. The second-order valence-corrected chi connectivity index (χ2v) is 4.28. The number of nitrogens with two attached hydrogens (primary N) is 1. The van der Waals surface area contributed by atoms with Crippen molar-refractivity contribution in [1.29, 1.82) is 0 Å². The topological polar surface area (TPSA) is 93.2 Å². The van der Waals surface area contributed by atoms with Crippen molar-refractivity contribution in [2.24, 2.45) is 0 Å². The number of nitrogen functional groups attached to an aromatic ring is 1. The molecule has 3 N–H and O–H groups in total. The molecule has 1 heterocycles. The lowest BCUT2D eigenvalue weighted by atomic mass is 10.3. The minimum atomic E-state index is -0.302. The zero-order valence-electron chi connectivity index (χ0n) is 11.6. The van der Waals surface area contributed by atoms with Crippen molar-refractivity contribution in [3.63, 3.8) is 0 Å². The van der Waals surface area contributed by atoms with E-state index in [0.717, 1.165) is 6.42 Å². The fourth-order valence-electron chi connectivity index (χ4n) is 1.66. The Labute approximate surface area is 112 Å². The van der Waals surface area contributed by atoms with Gasteiger partial charge in [0.25, 0.3) is 5.91 Å². The van der Waals surface area contributed by atoms with E-state index in [1.54, 1.807) is 7.05 Å². The molecule has 0 atom stereocenters. The number of carbonyl (C=O) groups is 2. The van der Waals surface area contributed by atoms with E-state index in [4.69, 9.17) is 5.73 Å². The summed E-state index contributed by atoms with van der Waals surface area (Å²) < 4.78 is 1.53. The average molecular weight is 267 g/mol. The van der Waals surface area contributed by atoms with Crippen LogP contribution in [-0.2, 0) is 11.3 Å². The van der Waals surface area contributed by atoms with E-state index in [-0.39, 0.29) is 18.4 Å². The summed E-state index contributed by atoms with van der Waals surface area (Å²) in [6, 6.07) is 0. The zero-order valence-corrected chi connectivity index (χ0v) is 11.6. The molecule has 19 heavy (non-hydrogen) atoms. The number of rotatable bonds is 6. The molecular formula is C12H21N5O2. The average Bonchev–Trinajstić information content (AvgIpc) is 2.76. The van der Waals surface area contributed by atoms with Crippen molar-refractivity contribution < 1.29 is 9.59 Å². The molecule has 1 rings (SSSR count). The molecule has 1 aromatic rings. The van der Waals surface area contributed by atoms with Crippen molar-refractivity contribution in [2.75, 3.05) is 25.9 Å². The number of aryl methyl sites for hydroxylation is 1. The summed E-state index contributed by atoms with van der Waals surface area (Å²) in [5, 5.41) is 6.73. The third kappa shape index (κ3) is 3.70. The minimum Gasteiger partial charge on any atom is -0.396 e. The molecule has 0 bridgehead atoms. The van der Waals surface area contributed by atoms with Crippen LogP contribution in [0.25, 0.3) is 0 Å². The summed E-state index contributed by atoms with van der Waals surface area (Å²) in [6.07, 6.45) is 2.31. The van der Waals surface area contributed by atoms with Gasteiger partial charge >= 0.3 is 0 Å².